The van der Waals surface area contributed by atoms with E-state index >= 15 is 0 Å². The number of nitrogens with zero attached hydrogens (tertiary/aromatic N) is 3. The molecule has 1 aromatic rings. The summed E-state index contributed by atoms with van der Waals surface area (Å²) in [5.41, 5.74) is 5.69. The van der Waals surface area contributed by atoms with Crippen LogP contribution in [-0.4, -0.2) is 49.0 Å². The van der Waals surface area contributed by atoms with E-state index in [1.807, 2.05) is 6.92 Å². The van der Waals surface area contributed by atoms with E-state index < -0.39 is 0 Å². The van der Waals surface area contributed by atoms with Crippen molar-refractivity contribution < 1.29 is 9.47 Å². The fraction of sp³-hybridized carbons (Fsp3) is 0.636. The number of rotatable bonds is 3. The van der Waals surface area contributed by atoms with Crippen molar-refractivity contribution >= 4 is 23.2 Å². The maximum Gasteiger partial charge on any atom is 0.153 e. The molecule has 2 N–H and O–H groups in total. The van der Waals surface area contributed by atoms with E-state index in [0.29, 0.717) is 29.8 Å². The third kappa shape index (κ3) is 2.82. The first-order chi connectivity index (χ1) is 8.61. The summed E-state index contributed by atoms with van der Waals surface area (Å²) in [6.07, 6.45) is 1.51. The maximum atomic E-state index is 6.14. The van der Waals surface area contributed by atoms with Crippen LogP contribution in [0.25, 0.3) is 0 Å². The SMILES string of the molecule is COC[C@H]1CN(c2ncnc(N)c2Cl)C[C@@H](C)O1. The predicted octanol–water partition coefficient (Wildman–Crippen LogP) is 0.952. The summed E-state index contributed by atoms with van der Waals surface area (Å²) in [6, 6.07) is 0. The van der Waals surface area contributed by atoms with E-state index in [4.69, 9.17) is 26.8 Å². The van der Waals surface area contributed by atoms with Gasteiger partial charge in [0.25, 0.3) is 0 Å². The van der Waals surface area contributed by atoms with Crippen molar-refractivity contribution in [3.63, 3.8) is 0 Å². The summed E-state index contributed by atoms with van der Waals surface area (Å²) >= 11 is 6.14. The summed E-state index contributed by atoms with van der Waals surface area (Å²) in [7, 11) is 1.66. The van der Waals surface area contributed by atoms with E-state index in [2.05, 4.69) is 14.9 Å². The molecule has 0 saturated carbocycles. The number of methoxy groups -OCH3 is 1. The van der Waals surface area contributed by atoms with Crippen LogP contribution in [0.4, 0.5) is 11.6 Å². The van der Waals surface area contributed by atoms with Crippen LogP contribution < -0.4 is 10.6 Å². The molecule has 0 amide bonds. The molecule has 1 aromatic heterocycles. The van der Waals surface area contributed by atoms with Gasteiger partial charge in [0.05, 0.1) is 18.8 Å². The fourth-order valence-electron chi connectivity index (χ4n) is 2.09. The predicted molar refractivity (Wildman–Crippen MR) is 69.9 cm³/mol. The monoisotopic (exact) mass is 272 g/mol. The minimum Gasteiger partial charge on any atom is -0.382 e. The number of halogens is 1. The minimum absolute atomic E-state index is 0.00556. The van der Waals surface area contributed by atoms with Gasteiger partial charge in [-0.2, -0.15) is 0 Å². The quantitative estimate of drug-likeness (QED) is 0.883. The standard InChI is InChI=1S/C11H17ClN4O2/c1-7-3-16(4-8(18-7)5-17-2)11-9(12)10(13)14-6-15-11/h6-8H,3-5H2,1-2H3,(H2,13,14,15)/t7-,8-/m1/s1. The van der Waals surface area contributed by atoms with Crippen molar-refractivity contribution in [3.8, 4) is 0 Å². The van der Waals surface area contributed by atoms with Gasteiger partial charge in [0.2, 0.25) is 0 Å². The Kier molecular flexibility index (Phi) is 4.21. The van der Waals surface area contributed by atoms with Crippen molar-refractivity contribution in [2.75, 3.05) is 37.4 Å². The molecule has 1 aliphatic rings. The van der Waals surface area contributed by atoms with Gasteiger partial charge in [-0.3, -0.25) is 0 Å². The summed E-state index contributed by atoms with van der Waals surface area (Å²) in [5, 5.41) is 0.391. The Hall–Kier alpha value is -1.11. The molecule has 1 fully saturated rings. The Morgan fingerprint density at radius 2 is 2.33 bits per heavy atom. The van der Waals surface area contributed by atoms with Crippen LogP contribution in [0.2, 0.25) is 5.02 Å². The Labute approximate surface area is 111 Å². The summed E-state index contributed by atoms with van der Waals surface area (Å²) < 4.78 is 10.9. The Morgan fingerprint density at radius 1 is 1.56 bits per heavy atom. The summed E-state index contributed by atoms with van der Waals surface area (Å²) in [4.78, 5) is 10.1. The van der Waals surface area contributed by atoms with Crippen molar-refractivity contribution in [1.29, 1.82) is 0 Å². The lowest BCUT2D eigenvalue weighted by molar-refractivity contribution is -0.0512. The molecule has 6 nitrogen and oxygen atoms in total. The molecule has 18 heavy (non-hydrogen) atoms. The van der Waals surface area contributed by atoms with Crippen LogP contribution in [0.15, 0.2) is 6.33 Å². The van der Waals surface area contributed by atoms with Crippen molar-refractivity contribution in [2.45, 2.75) is 19.1 Å². The molecular formula is C11H17ClN4O2. The first-order valence-electron chi connectivity index (χ1n) is 5.77. The molecule has 0 aliphatic carbocycles. The van der Waals surface area contributed by atoms with Gasteiger partial charge in [0.1, 0.15) is 17.2 Å². The highest BCUT2D eigenvalue weighted by molar-refractivity contribution is 6.35. The third-order valence-corrected chi connectivity index (χ3v) is 3.14. The molecule has 0 radical (unpaired) electrons. The van der Waals surface area contributed by atoms with Crippen molar-refractivity contribution in [1.82, 2.24) is 9.97 Å². The zero-order valence-electron chi connectivity index (χ0n) is 10.5. The highest BCUT2D eigenvalue weighted by Gasteiger charge is 2.27. The number of morpholine rings is 1. The van der Waals surface area contributed by atoms with Crippen LogP contribution in [0.5, 0.6) is 0 Å². The third-order valence-electron chi connectivity index (χ3n) is 2.78. The number of hydrogen-bond donors (Lipinski definition) is 1. The van der Waals surface area contributed by atoms with Gasteiger partial charge in [-0.1, -0.05) is 11.6 Å². The van der Waals surface area contributed by atoms with Gasteiger partial charge in [-0.15, -0.1) is 0 Å². The smallest absolute Gasteiger partial charge is 0.153 e. The van der Waals surface area contributed by atoms with Crippen molar-refractivity contribution in [2.24, 2.45) is 0 Å². The number of nitrogen functional groups attached to an aromatic ring is 1. The summed E-state index contributed by atoms with van der Waals surface area (Å²) in [5.74, 6) is 0.949. The number of aromatic nitrogens is 2. The zero-order chi connectivity index (χ0) is 13.1. The molecule has 0 spiro atoms. The molecule has 2 rings (SSSR count). The largest absolute Gasteiger partial charge is 0.382 e. The van der Waals surface area contributed by atoms with E-state index in [0.717, 1.165) is 6.54 Å². The van der Waals surface area contributed by atoms with E-state index in [1.165, 1.54) is 6.33 Å². The summed E-state index contributed by atoms with van der Waals surface area (Å²) in [6.45, 7) is 3.94. The number of anilines is 2. The highest BCUT2D eigenvalue weighted by atomic mass is 35.5. The molecule has 100 valence electrons. The fourth-order valence-corrected chi connectivity index (χ4v) is 2.31. The average Bonchev–Trinajstić information content (AvgIpc) is 2.32. The van der Waals surface area contributed by atoms with Crippen LogP contribution in [-0.2, 0) is 9.47 Å². The normalized spacial score (nSPS) is 24.3. The second-order valence-corrected chi connectivity index (χ2v) is 4.70. The van der Waals surface area contributed by atoms with E-state index in [1.54, 1.807) is 7.11 Å². The molecule has 0 unspecified atom stereocenters. The van der Waals surface area contributed by atoms with Gasteiger partial charge in [0.15, 0.2) is 5.82 Å². The second-order valence-electron chi connectivity index (χ2n) is 4.33. The average molecular weight is 273 g/mol. The van der Waals surface area contributed by atoms with Crippen LogP contribution in [0.1, 0.15) is 6.92 Å². The molecule has 0 aromatic carbocycles. The molecule has 7 heteroatoms. The molecule has 2 atom stereocenters. The van der Waals surface area contributed by atoms with E-state index in [-0.39, 0.29) is 12.2 Å². The zero-order valence-corrected chi connectivity index (χ0v) is 11.2. The van der Waals surface area contributed by atoms with Gasteiger partial charge >= 0.3 is 0 Å². The first-order valence-corrected chi connectivity index (χ1v) is 6.15. The first kappa shape index (κ1) is 13.3. The number of hydrogen-bond acceptors (Lipinski definition) is 6. The van der Waals surface area contributed by atoms with Gasteiger partial charge in [-0.25, -0.2) is 9.97 Å². The molecule has 2 heterocycles. The Balaban J connectivity index is 2.18. The second kappa shape index (κ2) is 5.69. The lowest BCUT2D eigenvalue weighted by Crippen LogP contribution is -2.48. The lowest BCUT2D eigenvalue weighted by Gasteiger charge is -2.37. The van der Waals surface area contributed by atoms with Gasteiger partial charge < -0.3 is 20.1 Å². The van der Waals surface area contributed by atoms with Crippen molar-refractivity contribution in [3.05, 3.63) is 11.3 Å². The van der Waals surface area contributed by atoms with Gasteiger partial charge in [0, 0.05) is 20.2 Å². The molecule has 1 saturated heterocycles. The van der Waals surface area contributed by atoms with Crippen LogP contribution in [0.3, 0.4) is 0 Å². The lowest BCUT2D eigenvalue weighted by atomic mass is 10.2. The molecular weight excluding hydrogens is 256 g/mol. The maximum absolute atomic E-state index is 6.14. The number of ether oxygens (including phenoxy) is 2. The minimum atomic E-state index is 0.00556. The van der Waals surface area contributed by atoms with Gasteiger partial charge in [-0.05, 0) is 6.92 Å². The Bertz CT molecular complexity index is 418. The topological polar surface area (TPSA) is 73.5 Å². The van der Waals surface area contributed by atoms with Crippen LogP contribution in [0, 0.1) is 0 Å². The molecule has 1 aliphatic heterocycles. The molecule has 0 bridgehead atoms. The Morgan fingerprint density at radius 3 is 3.06 bits per heavy atom. The number of nitrogens with two attached hydrogens (primary N) is 1. The highest BCUT2D eigenvalue weighted by Crippen LogP contribution is 2.29. The van der Waals surface area contributed by atoms with E-state index in [9.17, 15) is 0 Å². The van der Waals surface area contributed by atoms with Crippen LogP contribution >= 0.6 is 11.6 Å².